The fraction of sp³-hybridized carbons (Fsp3) is 0.267. The molecule has 1 aromatic carbocycles. The van der Waals surface area contributed by atoms with Gasteiger partial charge in [-0.25, -0.2) is 4.79 Å². The molecule has 0 spiro atoms. The van der Waals surface area contributed by atoms with Gasteiger partial charge in [-0.15, -0.1) is 0 Å². The third kappa shape index (κ3) is 2.89. The SMILES string of the molecule is COc1ccc(OC)c([N+](=O)[O-])c1C=C1C(=O)N(C)C(=O)N(C)C1=O. The van der Waals surface area contributed by atoms with Gasteiger partial charge in [0.1, 0.15) is 11.3 Å². The zero-order chi connectivity index (χ0) is 18.9. The summed E-state index contributed by atoms with van der Waals surface area (Å²) in [6.07, 6.45) is 1.03. The van der Waals surface area contributed by atoms with E-state index < -0.39 is 34.0 Å². The summed E-state index contributed by atoms with van der Waals surface area (Å²) >= 11 is 0. The number of carbonyl (C=O) groups excluding carboxylic acids is 3. The van der Waals surface area contributed by atoms with Crippen molar-refractivity contribution >= 4 is 29.6 Å². The molecule has 1 saturated heterocycles. The summed E-state index contributed by atoms with van der Waals surface area (Å²) in [4.78, 5) is 48.6. The molecule has 1 fully saturated rings. The van der Waals surface area contributed by atoms with Crippen molar-refractivity contribution in [2.45, 2.75) is 0 Å². The molecule has 10 nitrogen and oxygen atoms in total. The summed E-state index contributed by atoms with van der Waals surface area (Å²) in [6, 6.07) is 1.96. The van der Waals surface area contributed by atoms with Gasteiger partial charge in [0, 0.05) is 14.1 Å². The largest absolute Gasteiger partial charge is 0.496 e. The van der Waals surface area contributed by atoms with E-state index in [0.29, 0.717) is 0 Å². The Balaban J connectivity index is 2.75. The minimum atomic E-state index is -0.868. The molecule has 25 heavy (non-hydrogen) atoms. The van der Waals surface area contributed by atoms with E-state index in [-0.39, 0.29) is 17.1 Å². The Morgan fingerprint density at radius 1 is 1.00 bits per heavy atom. The van der Waals surface area contributed by atoms with Crippen molar-refractivity contribution < 1.29 is 28.8 Å². The van der Waals surface area contributed by atoms with Crippen LogP contribution in [0.25, 0.3) is 6.08 Å². The third-order valence-corrected chi connectivity index (χ3v) is 3.70. The first-order valence-corrected chi connectivity index (χ1v) is 6.95. The van der Waals surface area contributed by atoms with Gasteiger partial charge in [-0.2, -0.15) is 0 Å². The van der Waals surface area contributed by atoms with Gasteiger partial charge < -0.3 is 9.47 Å². The lowest BCUT2D eigenvalue weighted by Gasteiger charge is -2.28. The van der Waals surface area contributed by atoms with E-state index in [4.69, 9.17) is 9.47 Å². The van der Waals surface area contributed by atoms with E-state index in [9.17, 15) is 24.5 Å². The van der Waals surface area contributed by atoms with E-state index in [1.807, 2.05) is 0 Å². The topological polar surface area (TPSA) is 119 Å². The van der Waals surface area contributed by atoms with Gasteiger partial charge in [0.05, 0.1) is 24.7 Å². The minimum absolute atomic E-state index is 0.0638. The summed E-state index contributed by atoms with van der Waals surface area (Å²) in [6.45, 7) is 0. The predicted octanol–water partition coefficient (Wildman–Crippen LogP) is 1.05. The average molecular weight is 349 g/mol. The molecule has 1 heterocycles. The molecule has 1 aromatic rings. The highest BCUT2D eigenvalue weighted by Gasteiger charge is 2.39. The van der Waals surface area contributed by atoms with Crippen molar-refractivity contribution in [1.29, 1.82) is 0 Å². The van der Waals surface area contributed by atoms with Crippen LogP contribution in [0.2, 0.25) is 0 Å². The molecule has 2 rings (SSSR count). The number of hydrogen-bond acceptors (Lipinski definition) is 7. The van der Waals surface area contributed by atoms with E-state index in [2.05, 4.69) is 0 Å². The molecule has 1 aliphatic rings. The van der Waals surface area contributed by atoms with Crippen LogP contribution >= 0.6 is 0 Å². The van der Waals surface area contributed by atoms with Gasteiger partial charge in [0.2, 0.25) is 0 Å². The number of carbonyl (C=O) groups is 3. The summed E-state index contributed by atoms with van der Waals surface area (Å²) in [5.74, 6) is -1.73. The number of rotatable bonds is 4. The summed E-state index contributed by atoms with van der Waals surface area (Å²) in [7, 11) is 4.96. The molecule has 1 aliphatic heterocycles. The van der Waals surface area contributed by atoms with E-state index in [1.54, 1.807) is 0 Å². The molecule has 0 atom stereocenters. The van der Waals surface area contributed by atoms with Gasteiger partial charge in [-0.05, 0) is 18.2 Å². The second-order valence-corrected chi connectivity index (χ2v) is 5.06. The van der Waals surface area contributed by atoms with Crippen LogP contribution in [-0.4, -0.2) is 60.9 Å². The van der Waals surface area contributed by atoms with Gasteiger partial charge in [-0.3, -0.25) is 29.5 Å². The first-order valence-electron chi connectivity index (χ1n) is 6.95. The Hall–Kier alpha value is -3.43. The molecule has 0 N–H and O–H groups in total. The summed E-state index contributed by atoms with van der Waals surface area (Å²) < 4.78 is 10.1. The van der Waals surface area contributed by atoms with Crippen LogP contribution < -0.4 is 9.47 Å². The highest BCUT2D eigenvalue weighted by molar-refractivity contribution is 6.30. The van der Waals surface area contributed by atoms with Crippen LogP contribution in [0.1, 0.15) is 5.56 Å². The number of hydrogen-bond donors (Lipinski definition) is 0. The van der Waals surface area contributed by atoms with Crippen LogP contribution in [0.3, 0.4) is 0 Å². The molecule has 0 aromatic heterocycles. The van der Waals surface area contributed by atoms with Crippen LogP contribution in [-0.2, 0) is 9.59 Å². The van der Waals surface area contributed by atoms with Gasteiger partial charge >= 0.3 is 11.7 Å². The molecule has 0 unspecified atom stereocenters. The Kier molecular flexibility index (Phi) is 4.72. The molecule has 132 valence electrons. The number of imide groups is 2. The Bertz CT molecular complexity index is 790. The average Bonchev–Trinajstić information content (AvgIpc) is 2.60. The lowest BCUT2D eigenvalue weighted by molar-refractivity contribution is -0.386. The van der Waals surface area contributed by atoms with Gasteiger partial charge in [0.15, 0.2) is 5.75 Å². The second kappa shape index (κ2) is 6.59. The number of ether oxygens (including phenoxy) is 2. The predicted molar refractivity (Wildman–Crippen MR) is 85.1 cm³/mol. The first-order chi connectivity index (χ1) is 11.7. The van der Waals surface area contributed by atoms with Gasteiger partial charge in [0.25, 0.3) is 11.8 Å². The number of methoxy groups -OCH3 is 2. The lowest BCUT2D eigenvalue weighted by Crippen LogP contribution is -2.52. The number of nitro groups is 1. The third-order valence-electron chi connectivity index (χ3n) is 3.70. The van der Waals surface area contributed by atoms with Crippen molar-refractivity contribution in [3.05, 3.63) is 33.4 Å². The number of likely N-dealkylation sites (N-methyl/N-ethyl adjacent to an activating group) is 2. The van der Waals surface area contributed by atoms with Crippen molar-refractivity contribution in [3.8, 4) is 11.5 Å². The Morgan fingerprint density at radius 3 is 1.92 bits per heavy atom. The molecular weight excluding hydrogens is 334 g/mol. The molecule has 0 radical (unpaired) electrons. The summed E-state index contributed by atoms with van der Waals surface area (Å²) in [5, 5.41) is 11.5. The number of urea groups is 1. The van der Waals surface area contributed by atoms with Crippen LogP contribution in [0.15, 0.2) is 17.7 Å². The maximum Gasteiger partial charge on any atom is 0.333 e. The van der Waals surface area contributed by atoms with Crippen molar-refractivity contribution in [2.24, 2.45) is 0 Å². The van der Waals surface area contributed by atoms with Crippen molar-refractivity contribution in [2.75, 3.05) is 28.3 Å². The van der Waals surface area contributed by atoms with E-state index >= 15 is 0 Å². The molecule has 0 aliphatic carbocycles. The zero-order valence-corrected chi connectivity index (χ0v) is 13.9. The highest BCUT2D eigenvalue weighted by Crippen LogP contribution is 2.39. The quantitative estimate of drug-likeness (QED) is 0.345. The fourth-order valence-electron chi connectivity index (χ4n) is 2.36. The van der Waals surface area contributed by atoms with Crippen molar-refractivity contribution in [1.82, 2.24) is 9.80 Å². The molecule has 4 amide bonds. The molecule has 0 bridgehead atoms. The minimum Gasteiger partial charge on any atom is -0.496 e. The monoisotopic (exact) mass is 349 g/mol. The van der Waals surface area contributed by atoms with Crippen LogP contribution in [0.4, 0.5) is 10.5 Å². The second-order valence-electron chi connectivity index (χ2n) is 5.06. The zero-order valence-electron chi connectivity index (χ0n) is 13.9. The molecule has 10 heteroatoms. The smallest absolute Gasteiger partial charge is 0.333 e. The molecular formula is C15H15N3O7. The number of nitrogens with zero attached hydrogens (tertiary/aromatic N) is 3. The van der Waals surface area contributed by atoms with Gasteiger partial charge in [-0.1, -0.05) is 0 Å². The number of benzene rings is 1. The fourth-order valence-corrected chi connectivity index (χ4v) is 2.36. The standard InChI is InChI=1S/C15H15N3O7/c1-16-13(19)9(14(20)17(2)15(16)21)7-8-10(24-3)5-6-11(25-4)12(8)18(22)23/h5-7H,1-4H3. The Morgan fingerprint density at radius 2 is 1.48 bits per heavy atom. The normalized spacial score (nSPS) is 14.7. The Labute approximate surface area is 142 Å². The van der Waals surface area contributed by atoms with Crippen LogP contribution in [0, 0.1) is 10.1 Å². The lowest BCUT2D eigenvalue weighted by atomic mass is 10.0. The maximum absolute atomic E-state index is 12.3. The number of barbiturate groups is 1. The highest BCUT2D eigenvalue weighted by atomic mass is 16.6. The number of nitro benzene ring substituents is 1. The van der Waals surface area contributed by atoms with E-state index in [1.165, 1.54) is 40.4 Å². The van der Waals surface area contributed by atoms with Crippen LogP contribution in [0.5, 0.6) is 11.5 Å². The maximum atomic E-state index is 12.3. The summed E-state index contributed by atoms with van der Waals surface area (Å²) in [5.41, 5.74) is -0.976. The molecule has 0 saturated carbocycles. The van der Waals surface area contributed by atoms with E-state index in [0.717, 1.165) is 15.9 Å². The van der Waals surface area contributed by atoms with Crippen molar-refractivity contribution in [3.63, 3.8) is 0 Å². The number of amides is 4. The first kappa shape index (κ1) is 17.9.